The number of hydrogen-bond donors (Lipinski definition) is 1. The van der Waals surface area contributed by atoms with Crippen LogP contribution in [0.4, 0.5) is 8.78 Å². The average molecular weight is 381 g/mol. The smallest absolute Gasteiger partial charge is 0.255 e. The third-order valence-electron chi connectivity index (χ3n) is 3.91. The fourth-order valence-corrected chi connectivity index (χ4v) is 2.74. The Morgan fingerprint density at radius 3 is 2.38 bits per heavy atom. The van der Waals surface area contributed by atoms with Crippen LogP contribution in [0.25, 0.3) is 0 Å². The van der Waals surface area contributed by atoms with Gasteiger partial charge in [0.2, 0.25) is 5.91 Å². The molecule has 0 atom stereocenters. The summed E-state index contributed by atoms with van der Waals surface area (Å²) in [5, 5.41) is 2.56. The van der Waals surface area contributed by atoms with E-state index in [0.29, 0.717) is 18.5 Å². The Morgan fingerprint density at radius 2 is 1.73 bits per heavy atom. The fourth-order valence-electron chi connectivity index (χ4n) is 2.49. The number of nitrogens with one attached hydrogen (secondary N) is 1. The van der Waals surface area contributed by atoms with Crippen LogP contribution in [0.1, 0.15) is 22.8 Å². The first kappa shape index (κ1) is 19.8. The normalized spacial score (nSPS) is 10.5. The van der Waals surface area contributed by atoms with Gasteiger partial charge in [-0.15, -0.1) is 0 Å². The number of carbonyl (C=O) groups excluding carboxylic acids is 2. The molecule has 0 aliphatic heterocycles. The van der Waals surface area contributed by atoms with E-state index in [1.165, 1.54) is 30.0 Å². The van der Waals surface area contributed by atoms with Gasteiger partial charge in [0.25, 0.3) is 5.91 Å². The molecule has 0 aliphatic rings. The van der Waals surface area contributed by atoms with Crippen molar-refractivity contribution >= 4 is 23.4 Å². The Morgan fingerprint density at radius 1 is 1.04 bits per heavy atom. The maximum absolute atomic E-state index is 13.7. The van der Waals surface area contributed by atoms with Crippen molar-refractivity contribution < 1.29 is 18.4 Å². The van der Waals surface area contributed by atoms with Crippen molar-refractivity contribution in [1.82, 2.24) is 10.2 Å². The highest BCUT2D eigenvalue weighted by Gasteiger charge is 2.16. The van der Waals surface area contributed by atoms with E-state index in [-0.39, 0.29) is 35.4 Å². The Balaban J connectivity index is 1.90. The minimum absolute atomic E-state index is 0.0190. The van der Waals surface area contributed by atoms with Crippen LogP contribution >= 0.6 is 11.6 Å². The molecule has 0 heterocycles. The zero-order valence-corrected chi connectivity index (χ0v) is 15.0. The molecule has 1 N–H and O–H groups in total. The second-order valence-corrected chi connectivity index (χ2v) is 6.11. The molecule has 2 aromatic carbocycles. The van der Waals surface area contributed by atoms with Gasteiger partial charge in [-0.05, 0) is 30.2 Å². The summed E-state index contributed by atoms with van der Waals surface area (Å²) in [4.78, 5) is 25.3. The maximum Gasteiger partial charge on any atom is 0.255 e. The Labute approximate surface area is 155 Å². The lowest BCUT2D eigenvalue weighted by atomic mass is 10.1. The summed E-state index contributed by atoms with van der Waals surface area (Å²) in [5.41, 5.74) is 0.288. The molecule has 0 unspecified atom stereocenters. The van der Waals surface area contributed by atoms with Crippen LogP contribution in [0, 0.1) is 11.6 Å². The molecule has 0 saturated carbocycles. The maximum atomic E-state index is 13.7. The first-order valence-electron chi connectivity index (χ1n) is 8.11. The van der Waals surface area contributed by atoms with E-state index in [9.17, 15) is 18.4 Å². The molecule has 0 radical (unpaired) electrons. The van der Waals surface area contributed by atoms with Crippen molar-refractivity contribution in [1.29, 1.82) is 0 Å². The van der Waals surface area contributed by atoms with Gasteiger partial charge in [0.1, 0.15) is 11.6 Å². The molecule has 138 valence electrons. The third kappa shape index (κ3) is 5.26. The summed E-state index contributed by atoms with van der Waals surface area (Å²) in [7, 11) is 0. The van der Waals surface area contributed by atoms with E-state index in [1.807, 2.05) is 0 Å². The van der Waals surface area contributed by atoms with E-state index in [0.717, 1.165) is 6.07 Å². The van der Waals surface area contributed by atoms with Crippen LogP contribution in [-0.4, -0.2) is 36.3 Å². The minimum atomic E-state index is -0.710. The van der Waals surface area contributed by atoms with Crippen molar-refractivity contribution in [3.63, 3.8) is 0 Å². The second-order valence-electron chi connectivity index (χ2n) is 5.70. The zero-order chi connectivity index (χ0) is 19.1. The number of hydrogen-bond acceptors (Lipinski definition) is 2. The molecule has 26 heavy (non-hydrogen) atoms. The van der Waals surface area contributed by atoms with E-state index in [1.54, 1.807) is 18.2 Å². The van der Waals surface area contributed by atoms with Crippen molar-refractivity contribution in [3.8, 4) is 0 Å². The van der Waals surface area contributed by atoms with Gasteiger partial charge in [-0.3, -0.25) is 9.59 Å². The highest BCUT2D eigenvalue weighted by atomic mass is 35.5. The van der Waals surface area contributed by atoms with E-state index in [2.05, 4.69) is 5.32 Å². The number of carbonyl (C=O) groups is 2. The van der Waals surface area contributed by atoms with Gasteiger partial charge >= 0.3 is 0 Å². The quantitative estimate of drug-likeness (QED) is 0.800. The Hall–Kier alpha value is -2.47. The summed E-state index contributed by atoms with van der Waals surface area (Å²) in [6, 6.07) is 10.4. The zero-order valence-electron chi connectivity index (χ0n) is 14.3. The van der Waals surface area contributed by atoms with Crippen LogP contribution in [0.15, 0.2) is 42.5 Å². The lowest BCUT2D eigenvalue weighted by Gasteiger charge is -2.21. The van der Waals surface area contributed by atoms with Crippen LogP contribution in [0.3, 0.4) is 0 Å². The van der Waals surface area contributed by atoms with Gasteiger partial charge in [0, 0.05) is 26.6 Å². The summed E-state index contributed by atoms with van der Waals surface area (Å²) in [5.74, 6) is -1.87. The van der Waals surface area contributed by atoms with Gasteiger partial charge in [-0.25, -0.2) is 8.78 Å². The predicted octanol–water partition coefficient (Wildman–Crippen LogP) is 3.44. The molecule has 2 amide bonds. The van der Waals surface area contributed by atoms with Crippen molar-refractivity contribution in [2.45, 2.75) is 13.3 Å². The van der Waals surface area contributed by atoms with Crippen LogP contribution in [0.2, 0.25) is 5.02 Å². The van der Waals surface area contributed by atoms with Crippen molar-refractivity contribution in [2.24, 2.45) is 0 Å². The SMILES string of the molecule is CC(=O)N(CCNC(=O)c1c(F)cccc1Cl)CCc1ccccc1F. The molecule has 0 aromatic heterocycles. The topological polar surface area (TPSA) is 49.4 Å². The van der Waals surface area contributed by atoms with Crippen molar-refractivity contribution in [3.05, 3.63) is 70.2 Å². The molecule has 0 bridgehead atoms. The van der Waals surface area contributed by atoms with Gasteiger partial charge in [0.15, 0.2) is 0 Å². The highest BCUT2D eigenvalue weighted by Crippen LogP contribution is 2.18. The summed E-state index contributed by atoms with van der Waals surface area (Å²) < 4.78 is 27.4. The van der Waals surface area contributed by atoms with Crippen LogP contribution < -0.4 is 5.32 Å². The van der Waals surface area contributed by atoms with E-state index in [4.69, 9.17) is 11.6 Å². The van der Waals surface area contributed by atoms with Gasteiger partial charge in [-0.2, -0.15) is 0 Å². The predicted molar refractivity (Wildman–Crippen MR) is 96.1 cm³/mol. The molecule has 7 heteroatoms. The van der Waals surface area contributed by atoms with Gasteiger partial charge in [0.05, 0.1) is 10.6 Å². The Kier molecular flexibility index (Phi) is 7.09. The van der Waals surface area contributed by atoms with Gasteiger partial charge in [-0.1, -0.05) is 35.9 Å². The molecule has 0 saturated heterocycles. The van der Waals surface area contributed by atoms with Gasteiger partial charge < -0.3 is 10.2 Å². The van der Waals surface area contributed by atoms with Crippen molar-refractivity contribution in [2.75, 3.05) is 19.6 Å². The largest absolute Gasteiger partial charge is 0.350 e. The first-order chi connectivity index (χ1) is 12.4. The lowest BCUT2D eigenvalue weighted by molar-refractivity contribution is -0.128. The standard InChI is InChI=1S/C19H19ClF2N2O2/c1-13(25)24(11-9-14-5-2-3-7-16(14)21)12-10-23-19(26)18-15(20)6-4-8-17(18)22/h2-8H,9-12H2,1H3,(H,23,26). The summed E-state index contributed by atoms with van der Waals surface area (Å²) in [6.07, 6.45) is 0.360. The molecule has 2 aromatic rings. The number of benzene rings is 2. The molecule has 0 spiro atoms. The third-order valence-corrected chi connectivity index (χ3v) is 4.23. The van der Waals surface area contributed by atoms with Crippen LogP contribution in [0.5, 0.6) is 0 Å². The molecular weight excluding hydrogens is 362 g/mol. The van der Waals surface area contributed by atoms with E-state index >= 15 is 0 Å². The fraction of sp³-hybridized carbons (Fsp3) is 0.263. The Bertz CT molecular complexity index is 779. The van der Waals surface area contributed by atoms with Crippen LogP contribution in [-0.2, 0) is 11.2 Å². The summed E-state index contributed by atoms with van der Waals surface area (Å²) >= 11 is 5.85. The highest BCUT2D eigenvalue weighted by molar-refractivity contribution is 6.33. The molecule has 0 aliphatic carbocycles. The lowest BCUT2D eigenvalue weighted by Crippen LogP contribution is -2.38. The molecule has 4 nitrogen and oxygen atoms in total. The number of amides is 2. The average Bonchev–Trinajstić information content (AvgIpc) is 2.58. The monoisotopic (exact) mass is 380 g/mol. The number of nitrogens with zero attached hydrogens (tertiary/aromatic N) is 1. The molecule has 2 rings (SSSR count). The van der Waals surface area contributed by atoms with E-state index < -0.39 is 11.7 Å². The number of rotatable bonds is 7. The molecular formula is C19H19ClF2N2O2. The number of halogens is 3. The first-order valence-corrected chi connectivity index (χ1v) is 8.49. The summed E-state index contributed by atoms with van der Waals surface area (Å²) in [6.45, 7) is 2.06. The minimum Gasteiger partial charge on any atom is -0.350 e. The second kappa shape index (κ2) is 9.29. The molecule has 0 fully saturated rings.